The van der Waals surface area contributed by atoms with Gasteiger partial charge in [0.1, 0.15) is 0 Å². The summed E-state index contributed by atoms with van der Waals surface area (Å²) in [7, 11) is 0. The molecule has 0 heterocycles. The largest absolute Gasteiger partial charge is 0.349 e. The van der Waals surface area contributed by atoms with Gasteiger partial charge in [0.15, 0.2) is 0 Å². The molecule has 3 heteroatoms. The van der Waals surface area contributed by atoms with Crippen LogP contribution in [0.25, 0.3) is 0 Å². The van der Waals surface area contributed by atoms with Crippen molar-refractivity contribution in [1.82, 2.24) is 5.32 Å². The predicted molar refractivity (Wildman–Crippen MR) is 81.5 cm³/mol. The van der Waals surface area contributed by atoms with Gasteiger partial charge >= 0.3 is 0 Å². The fourth-order valence-electron chi connectivity index (χ4n) is 2.61. The number of carbonyl (C=O) groups is 1. The molecule has 1 amide bonds. The molecule has 20 heavy (non-hydrogen) atoms. The highest BCUT2D eigenvalue weighted by atomic mass is 16.1. The van der Waals surface area contributed by atoms with Gasteiger partial charge < -0.3 is 11.1 Å². The third kappa shape index (κ3) is 3.85. The van der Waals surface area contributed by atoms with Crippen LogP contribution in [0, 0.1) is 18.8 Å². The first-order valence-corrected chi connectivity index (χ1v) is 7.31. The topological polar surface area (TPSA) is 55.1 Å². The van der Waals surface area contributed by atoms with E-state index in [0.29, 0.717) is 12.6 Å². The van der Waals surface area contributed by atoms with E-state index in [1.807, 2.05) is 25.1 Å². The van der Waals surface area contributed by atoms with Crippen LogP contribution in [0.3, 0.4) is 0 Å². The summed E-state index contributed by atoms with van der Waals surface area (Å²) in [4.78, 5) is 12.4. The van der Waals surface area contributed by atoms with E-state index in [2.05, 4.69) is 17.2 Å². The van der Waals surface area contributed by atoms with Gasteiger partial charge in [0.2, 0.25) is 0 Å². The number of amides is 1. The minimum absolute atomic E-state index is 0.0193. The van der Waals surface area contributed by atoms with E-state index in [1.54, 1.807) is 0 Å². The second-order valence-corrected chi connectivity index (χ2v) is 5.34. The van der Waals surface area contributed by atoms with Gasteiger partial charge in [0.05, 0.1) is 6.54 Å². The molecule has 2 rings (SSSR count). The maximum absolute atomic E-state index is 12.4. The molecule has 0 unspecified atom stereocenters. The molecule has 3 N–H and O–H groups in total. The summed E-state index contributed by atoms with van der Waals surface area (Å²) in [6.07, 6.45) is 5.91. The lowest BCUT2D eigenvalue weighted by Crippen LogP contribution is -2.36. The Balaban J connectivity index is 2.11. The predicted octanol–water partition coefficient (Wildman–Crippen LogP) is 2.37. The van der Waals surface area contributed by atoms with Gasteiger partial charge in [-0.25, -0.2) is 0 Å². The van der Waals surface area contributed by atoms with Gasteiger partial charge in [-0.3, -0.25) is 4.79 Å². The zero-order chi connectivity index (χ0) is 14.4. The normalized spacial score (nSPS) is 15.3. The number of nitrogens with two attached hydrogens (primary N) is 1. The van der Waals surface area contributed by atoms with Crippen LogP contribution in [0.1, 0.15) is 53.6 Å². The van der Waals surface area contributed by atoms with E-state index >= 15 is 0 Å². The van der Waals surface area contributed by atoms with Gasteiger partial charge in [0.25, 0.3) is 5.91 Å². The zero-order valence-electron chi connectivity index (χ0n) is 12.0. The maximum atomic E-state index is 12.4. The summed E-state index contributed by atoms with van der Waals surface area (Å²) in [6.45, 7) is 2.29. The molecular formula is C17H22N2O. The molecule has 0 atom stereocenters. The average molecular weight is 270 g/mol. The lowest BCUT2D eigenvalue weighted by Gasteiger charge is -2.23. The zero-order valence-corrected chi connectivity index (χ0v) is 12.0. The first-order valence-electron chi connectivity index (χ1n) is 7.31. The van der Waals surface area contributed by atoms with Crippen LogP contribution in [-0.4, -0.2) is 18.5 Å². The van der Waals surface area contributed by atoms with Crippen molar-refractivity contribution in [3.05, 3.63) is 34.9 Å². The second-order valence-electron chi connectivity index (χ2n) is 5.34. The Kier molecular flexibility index (Phi) is 5.20. The van der Waals surface area contributed by atoms with Crippen LogP contribution in [-0.2, 0) is 0 Å². The Labute approximate surface area is 120 Å². The smallest absolute Gasteiger partial charge is 0.251 e. The quantitative estimate of drug-likeness (QED) is 0.811. The van der Waals surface area contributed by atoms with E-state index < -0.39 is 0 Å². The molecule has 0 saturated heterocycles. The van der Waals surface area contributed by atoms with Crippen molar-refractivity contribution in [2.75, 3.05) is 6.54 Å². The molecule has 0 aliphatic heterocycles. The summed E-state index contributed by atoms with van der Waals surface area (Å²) < 4.78 is 0. The van der Waals surface area contributed by atoms with Crippen LogP contribution in [0.2, 0.25) is 0 Å². The molecule has 0 bridgehead atoms. The summed E-state index contributed by atoms with van der Waals surface area (Å²) in [5.74, 6) is 5.81. The first-order chi connectivity index (χ1) is 9.70. The van der Waals surface area contributed by atoms with Crippen LogP contribution in [0.4, 0.5) is 0 Å². The number of rotatable bonds is 2. The van der Waals surface area contributed by atoms with E-state index in [-0.39, 0.29) is 5.91 Å². The third-order valence-electron chi connectivity index (χ3n) is 3.76. The van der Waals surface area contributed by atoms with E-state index in [0.717, 1.165) is 29.5 Å². The first kappa shape index (κ1) is 14.6. The second kappa shape index (κ2) is 7.12. The Morgan fingerprint density at radius 2 is 2.10 bits per heavy atom. The highest BCUT2D eigenvalue weighted by Crippen LogP contribution is 2.18. The Hall–Kier alpha value is -1.79. The van der Waals surface area contributed by atoms with Gasteiger partial charge in [-0.2, -0.15) is 0 Å². The summed E-state index contributed by atoms with van der Waals surface area (Å²) in [5, 5.41) is 3.15. The van der Waals surface area contributed by atoms with Crippen LogP contribution in [0.15, 0.2) is 18.2 Å². The number of aryl methyl sites for hydroxylation is 1. The van der Waals surface area contributed by atoms with E-state index in [4.69, 9.17) is 5.73 Å². The van der Waals surface area contributed by atoms with Crippen molar-refractivity contribution < 1.29 is 4.79 Å². The third-order valence-corrected chi connectivity index (χ3v) is 3.76. The molecule has 1 aliphatic carbocycles. The van der Waals surface area contributed by atoms with Crippen LogP contribution >= 0.6 is 0 Å². The van der Waals surface area contributed by atoms with Crippen molar-refractivity contribution in [2.24, 2.45) is 5.73 Å². The van der Waals surface area contributed by atoms with Gasteiger partial charge in [0, 0.05) is 17.2 Å². The number of hydrogen-bond acceptors (Lipinski definition) is 2. The van der Waals surface area contributed by atoms with Crippen molar-refractivity contribution in [3.8, 4) is 11.8 Å². The molecule has 0 radical (unpaired) electrons. The lowest BCUT2D eigenvalue weighted by molar-refractivity contribution is 0.0927. The Morgan fingerprint density at radius 1 is 1.35 bits per heavy atom. The number of carbonyl (C=O) groups excluding carboxylic acids is 1. The van der Waals surface area contributed by atoms with Crippen molar-refractivity contribution in [1.29, 1.82) is 0 Å². The molecule has 106 valence electrons. The fraction of sp³-hybridized carbons (Fsp3) is 0.471. The number of nitrogens with one attached hydrogen (secondary N) is 1. The summed E-state index contributed by atoms with van der Waals surface area (Å²) in [6, 6.07) is 6.05. The number of benzene rings is 1. The summed E-state index contributed by atoms with van der Waals surface area (Å²) in [5.41, 5.74) is 7.92. The highest BCUT2D eigenvalue weighted by Gasteiger charge is 2.17. The molecular weight excluding hydrogens is 248 g/mol. The van der Waals surface area contributed by atoms with Gasteiger partial charge in [-0.15, -0.1) is 0 Å². The van der Waals surface area contributed by atoms with Gasteiger partial charge in [-0.05, 0) is 37.5 Å². The van der Waals surface area contributed by atoms with Crippen molar-refractivity contribution in [3.63, 3.8) is 0 Å². The van der Waals surface area contributed by atoms with E-state index in [1.165, 1.54) is 19.3 Å². The van der Waals surface area contributed by atoms with Crippen LogP contribution < -0.4 is 11.1 Å². The van der Waals surface area contributed by atoms with Crippen molar-refractivity contribution in [2.45, 2.75) is 45.1 Å². The monoisotopic (exact) mass is 270 g/mol. The average Bonchev–Trinajstić information content (AvgIpc) is 2.47. The molecule has 3 nitrogen and oxygen atoms in total. The van der Waals surface area contributed by atoms with Crippen molar-refractivity contribution >= 4 is 5.91 Å². The highest BCUT2D eigenvalue weighted by molar-refractivity contribution is 5.96. The molecule has 1 fully saturated rings. The number of hydrogen-bond donors (Lipinski definition) is 2. The summed E-state index contributed by atoms with van der Waals surface area (Å²) >= 11 is 0. The van der Waals surface area contributed by atoms with Crippen LogP contribution in [0.5, 0.6) is 0 Å². The SMILES string of the molecule is Cc1ccc(C#CCN)cc1C(=O)NC1CCCCC1. The lowest BCUT2D eigenvalue weighted by atomic mass is 9.95. The fourth-order valence-corrected chi connectivity index (χ4v) is 2.61. The molecule has 1 aromatic carbocycles. The molecule has 0 spiro atoms. The minimum atomic E-state index is 0.0193. The molecule has 1 aliphatic rings. The Bertz CT molecular complexity index is 534. The van der Waals surface area contributed by atoms with Gasteiger partial charge in [-0.1, -0.05) is 37.2 Å². The maximum Gasteiger partial charge on any atom is 0.251 e. The standard InChI is InChI=1S/C17H22N2O/c1-13-9-10-14(6-5-11-18)12-16(13)17(20)19-15-7-3-2-4-8-15/h9-10,12,15H,2-4,7-8,11,18H2,1H3,(H,19,20). The minimum Gasteiger partial charge on any atom is -0.349 e. The molecule has 0 aromatic heterocycles. The molecule has 1 aromatic rings. The molecule has 1 saturated carbocycles. The van der Waals surface area contributed by atoms with E-state index in [9.17, 15) is 4.79 Å². The Morgan fingerprint density at radius 3 is 2.80 bits per heavy atom.